The van der Waals surface area contributed by atoms with Crippen molar-refractivity contribution in [3.8, 4) is 0 Å². The Bertz CT molecular complexity index is 745. The molecule has 0 saturated heterocycles. The lowest BCUT2D eigenvalue weighted by molar-refractivity contribution is -0.143. The molecule has 0 aliphatic rings. The van der Waals surface area contributed by atoms with Crippen molar-refractivity contribution in [3.05, 3.63) is 71.0 Å². The van der Waals surface area contributed by atoms with Gasteiger partial charge in [-0.1, -0.05) is 23.7 Å². The van der Waals surface area contributed by atoms with Gasteiger partial charge in [-0.2, -0.15) is 0 Å². The van der Waals surface area contributed by atoms with Gasteiger partial charge in [-0.25, -0.2) is 0 Å². The Labute approximate surface area is 158 Å². The van der Waals surface area contributed by atoms with E-state index in [0.717, 1.165) is 11.1 Å². The molecule has 1 aromatic heterocycles. The second kappa shape index (κ2) is 10.4. The first-order valence-electron chi connectivity index (χ1n) is 8.35. The number of rotatable bonds is 8. The predicted octanol–water partition coefficient (Wildman–Crippen LogP) is 3.73. The molecule has 0 aliphatic carbocycles. The quantitative estimate of drug-likeness (QED) is 0.523. The minimum atomic E-state index is -0.318. The number of nitrogens with zero attached hydrogens (tertiary/aromatic N) is 2. The molecule has 0 N–H and O–H groups in total. The van der Waals surface area contributed by atoms with Crippen molar-refractivity contribution in [2.45, 2.75) is 19.9 Å². The van der Waals surface area contributed by atoms with Crippen molar-refractivity contribution in [2.75, 3.05) is 13.2 Å². The summed E-state index contributed by atoms with van der Waals surface area (Å²) < 4.78 is 4.95. The third-order valence-corrected chi connectivity index (χ3v) is 3.87. The normalized spacial score (nSPS) is 10.7. The van der Waals surface area contributed by atoms with E-state index in [-0.39, 0.29) is 24.8 Å². The van der Waals surface area contributed by atoms with Gasteiger partial charge < -0.3 is 9.64 Å². The minimum absolute atomic E-state index is 0.152. The van der Waals surface area contributed by atoms with Crippen LogP contribution in [-0.2, 0) is 20.9 Å². The Morgan fingerprint density at radius 2 is 1.85 bits per heavy atom. The van der Waals surface area contributed by atoms with Crippen LogP contribution in [0.4, 0.5) is 0 Å². The van der Waals surface area contributed by atoms with Gasteiger partial charge in [0, 0.05) is 36.6 Å². The van der Waals surface area contributed by atoms with E-state index in [9.17, 15) is 9.59 Å². The minimum Gasteiger partial charge on any atom is -0.466 e. The number of ether oxygens (including phenoxy) is 1. The lowest BCUT2D eigenvalue weighted by Gasteiger charge is -2.21. The van der Waals surface area contributed by atoms with Gasteiger partial charge in [0.1, 0.15) is 0 Å². The molecule has 6 heteroatoms. The molecule has 0 radical (unpaired) electrons. The summed E-state index contributed by atoms with van der Waals surface area (Å²) in [4.78, 5) is 29.8. The highest BCUT2D eigenvalue weighted by Crippen LogP contribution is 2.12. The van der Waals surface area contributed by atoms with Crippen LogP contribution in [0.2, 0.25) is 5.02 Å². The maximum absolute atomic E-state index is 12.6. The standard InChI is InChI=1S/C20H21ClN2O3/c1-2-26-20(25)11-14-23(15-17-9-12-22-13-10-17)19(24)8-5-16-3-6-18(21)7-4-16/h3-10,12-13H,2,11,14-15H2,1H3/b8-5+. The number of pyridine rings is 1. The van der Waals surface area contributed by atoms with Crippen LogP contribution in [-0.4, -0.2) is 34.9 Å². The predicted molar refractivity (Wildman–Crippen MR) is 101 cm³/mol. The van der Waals surface area contributed by atoms with Crippen LogP contribution in [0.1, 0.15) is 24.5 Å². The van der Waals surface area contributed by atoms with E-state index < -0.39 is 0 Å². The fraction of sp³-hybridized carbons (Fsp3) is 0.250. The smallest absolute Gasteiger partial charge is 0.307 e. The van der Waals surface area contributed by atoms with Crippen LogP contribution >= 0.6 is 11.6 Å². The number of hydrogen-bond donors (Lipinski definition) is 0. The van der Waals surface area contributed by atoms with Crippen LogP contribution in [0.3, 0.4) is 0 Å². The Hall–Kier alpha value is -2.66. The topological polar surface area (TPSA) is 59.5 Å². The van der Waals surface area contributed by atoms with Gasteiger partial charge in [0.05, 0.1) is 13.0 Å². The Balaban J connectivity index is 2.06. The molecule has 2 rings (SSSR count). The fourth-order valence-electron chi connectivity index (χ4n) is 2.28. The molecular formula is C20H21ClN2O3. The van der Waals surface area contributed by atoms with Crippen molar-refractivity contribution in [1.29, 1.82) is 0 Å². The number of halogens is 1. The summed E-state index contributed by atoms with van der Waals surface area (Å²) in [5.74, 6) is -0.497. The number of aromatic nitrogens is 1. The van der Waals surface area contributed by atoms with Crippen LogP contribution in [0.15, 0.2) is 54.9 Å². The maximum atomic E-state index is 12.6. The number of carbonyl (C=O) groups excluding carboxylic acids is 2. The summed E-state index contributed by atoms with van der Waals surface area (Å²) in [5.41, 5.74) is 1.81. The van der Waals surface area contributed by atoms with E-state index in [1.54, 1.807) is 42.4 Å². The molecule has 2 aromatic rings. The van der Waals surface area contributed by atoms with E-state index in [1.165, 1.54) is 6.08 Å². The van der Waals surface area contributed by atoms with Gasteiger partial charge in [0.25, 0.3) is 0 Å². The number of esters is 1. The number of carbonyl (C=O) groups is 2. The van der Waals surface area contributed by atoms with E-state index in [0.29, 0.717) is 18.2 Å². The zero-order chi connectivity index (χ0) is 18.8. The molecule has 1 aromatic carbocycles. The molecule has 0 unspecified atom stereocenters. The Morgan fingerprint density at radius 3 is 2.50 bits per heavy atom. The highest BCUT2D eigenvalue weighted by molar-refractivity contribution is 6.30. The molecule has 0 spiro atoms. The molecule has 0 fully saturated rings. The summed E-state index contributed by atoms with van der Waals surface area (Å²) in [7, 11) is 0. The molecule has 0 bridgehead atoms. The summed E-state index contributed by atoms with van der Waals surface area (Å²) in [6.07, 6.45) is 6.72. The van der Waals surface area contributed by atoms with Gasteiger partial charge in [-0.05, 0) is 48.4 Å². The van der Waals surface area contributed by atoms with E-state index >= 15 is 0 Å². The summed E-state index contributed by atoms with van der Waals surface area (Å²) in [5, 5.41) is 0.641. The van der Waals surface area contributed by atoms with Crippen molar-refractivity contribution in [3.63, 3.8) is 0 Å². The van der Waals surface area contributed by atoms with E-state index in [2.05, 4.69) is 4.98 Å². The van der Waals surface area contributed by atoms with Gasteiger partial charge >= 0.3 is 5.97 Å². The van der Waals surface area contributed by atoms with Crippen LogP contribution < -0.4 is 0 Å². The van der Waals surface area contributed by atoms with Crippen LogP contribution in [0.25, 0.3) is 6.08 Å². The zero-order valence-corrected chi connectivity index (χ0v) is 15.4. The molecule has 1 amide bonds. The fourth-order valence-corrected chi connectivity index (χ4v) is 2.41. The second-order valence-electron chi connectivity index (χ2n) is 5.56. The summed E-state index contributed by atoms with van der Waals surface area (Å²) >= 11 is 5.86. The molecule has 5 nitrogen and oxygen atoms in total. The second-order valence-corrected chi connectivity index (χ2v) is 5.99. The van der Waals surface area contributed by atoms with Crippen molar-refractivity contribution in [1.82, 2.24) is 9.88 Å². The molecule has 0 saturated carbocycles. The monoisotopic (exact) mass is 372 g/mol. The first-order valence-corrected chi connectivity index (χ1v) is 8.73. The van der Waals surface area contributed by atoms with Gasteiger partial charge in [0.2, 0.25) is 5.91 Å². The Kier molecular flexibility index (Phi) is 7.83. The number of hydrogen-bond acceptors (Lipinski definition) is 4. The van der Waals surface area contributed by atoms with Gasteiger partial charge in [-0.15, -0.1) is 0 Å². The van der Waals surface area contributed by atoms with Crippen molar-refractivity contribution >= 4 is 29.6 Å². The molecular weight excluding hydrogens is 352 g/mol. The van der Waals surface area contributed by atoms with Gasteiger partial charge in [-0.3, -0.25) is 14.6 Å². The average molecular weight is 373 g/mol. The van der Waals surface area contributed by atoms with E-state index in [4.69, 9.17) is 16.3 Å². The lowest BCUT2D eigenvalue weighted by Crippen LogP contribution is -2.31. The highest BCUT2D eigenvalue weighted by Gasteiger charge is 2.14. The summed E-state index contributed by atoms with van der Waals surface area (Å²) in [6, 6.07) is 10.9. The summed E-state index contributed by atoms with van der Waals surface area (Å²) in [6.45, 7) is 2.76. The third kappa shape index (κ3) is 6.69. The lowest BCUT2D eigenvalue weighted by atomic mass is 10.2. The third-order valence-electron chi connectivity index (χ3n) is 3.61. The SMILES string of the molecule is CCOC(=O)CCN(Cc1ccncc1)C(=O)/C=C/c1ccc(Cl)cc1. The molecule has 0 atom stereocenters. The molecule has 26 heavy (non-hydrogen) atoms. The molecule has 136 valence electrons. The molecule has 1 heterocycles. The van der Waals surface area contributed by atoms with Crippen molar-refractivity contribution in [2.24, 2.45) is 0 Å². The Morgan fingerprint density at radius 1 is 1.15 bits per heavy atom. The number of benzene rings is 1. The first-order chi connectivity index (χ1) is 12.6. The maximum Gasteiger partial charge on any atom is 0.307 e. The van der Waals surface area contributed by atoms with Crippen LogP contribution in [0.5, 0.6) is 0 Å². The average Bonchev–Trinajstić information content (AvgIpc) is 2.65. The highest BCUT2D eigenvalue weighted by atomic mass is 35.5. The number of amides is 1. The van der Waals surface area contributed by atoms with Gasteiger partial charge in [0.15, 0.2) is 0 Å². The first kappa shape index (κ1) is 19.7. The zero-order valence-electron chi connectivity index (χ0n) is 14.6. The van der Waals surface area contributed by atoms with Crippen molar-refractivity contribution < 1.29 is 14.3 Å². The molecule has 0 aliphatic heterocycles. The van der Waals surface area contributed by atoms with Crippen LogP contribution in [0, 0.1) is 0 Å². The largest absolute Gasteiger partial charge is 0.466 e. The van der Waals surface area contributed by atoms with E-state index in [1.807, 2.05) is 24.3 Å².